The van der Waals surface area contributed by atoms with Crippen LogP contribution >= 0.6 is 0 Å². The van der Waals surface area contributed by atoms with Crippen LogP contribution in [0.2, 0.25) is 0 Å². The second-order valence-corrected chi connectivity index (χ2v) is 9.40. The molecule has 0 atom stereocenters. The maximum Gasteiger partial charge on any atom is 0.338 e. The lowest BCUT2D eigenvalue weighted by molar-refractivity contribution is -0.117. The lowest BCUT2D eigenvalue weighted by Crippen LogP contribution is -2.25. The molecule has 0 spiro atoms. The Morgan fingerprint density at radius 3 is 2.50 bits per heavy atom. The zero-order chi connectivity index (χ0) is 22.1. The summed E-state index contributed by atoms with van der Waals surface area (Å²) in [7, 11) is -0.507. The zero-order valence-electron chi connectivity index (χ0n) is 17.3. The van der Waals surface area contributed by atoms with Crippen molar-refractivity contribution in [2.45, 2.75) is 24.2 Å². The van der Waals surface area contributed by atoms with Gasteiger partial charge in [-0.1, -0.05) is 38.1 Å². The van der Waals surface area contributed by atoms with E-state index in [9.17, 15) is 18.0 Å². The molecular weight excluding hydrogens is 404 g/mol. The van der Waals surface area contributed by atoms with Gasteiger partial charge in [0.05, 0.1) is 10.5 Å². The highest BCUT2D eigenvalue weighted by Gasteiger charge is 2.38. The first-order chi connectivity index (χ1) is 14.1. The fraction of sp³-hybridized carbons (Fsp3) is 0.273. The SMILES string of the molecule is CNS(=O)(=O)c1cccc(C(=O)OCC(=O)C=C2N(C)c3ccccc3C2(C)C)c1. The quantitative estimate of drug-likeness (QED) is 0.562. The molecule has 0 bridgehead atoms. The van der Waals surface area contributed by atoms with Crippen LogP contribution in [0.5, 0.6) is 0 Å². The Balaban J connectivity index is 1.73. The van der Waals surface area contributed by atoms with Gasteiger partial charge in [0.15, 0.2) is 12.4 Å². The van der Waals surface area contributed by atoms with Crippen LogP contribution in [0.15, 0.2) is 65.2 Å². The van der Waals surface area contributed by atoms with E-state index in [1.54, 1.807) is 0 Å². The third-order valence-corrected chi connectivity index (χ3v) is 6.64. The molecule has 0 saturated carbocycles. The summed E-state index contributed by atoms with van der Waals surface area (Å²) in [5, 5.41) is 0. The van der Waals surface area contributed by atoms with Crippen molar-refractivity contribution in [2.24, 2.45) is 0 Å². The first kappa shape index (κ1) is 21.7. The Hall–Kier alpha value is -2.97. The third kappa shape index (κ3) is 4.01. The van der Waals surface area contributed by atoms with Gasteiger partial charge in [0.1, 0.15) is 0 Å². The fourth-order valence-corrected chi connectivity index (χ4v) is 4.36. The van der Waals surface area contributed by atoms with Gasteiger partial charge in [-0.25, -0.2) is 17.9 Å². The van der Waals surface area contributed by atoms with Crippen molar-refractivity contribution in [3.05, 3.63) is 71.4 Å². The molecule has 30 heavy (non-hydrogen) atoms. The molecule has 1 heterocycles. The summed E-state index contributed by atoms with van der Waals surface area (Å²) >= 11 is 0. The molecule has 8 heteroatoms. The molecule has 0 aromatic heterocycles. The summed E-state index contributed by atoms with van der Waals surface area (Å²) in [5.41, 5.74) is 2.65. The molecule has 0 saturated heterocycles. The number of nitrogens with zero attached hydrogens (tertiary/aromatic N) is 1. The largest absolute Gasteiger partial charge is 0.454 e. The first-order valence-corrected chi connectivity index (χ1v) is 10.8. The van der Waals surface area contributed by atoms with Crippen LogP contribution in [0, 0.1) is 0 Å². The number of ether oxygens (including phenoxy) is 1. The van der Waals surface area contributed by atoms with Crippen LogP contribution in [0.25, 0.3) is 0 Å². The minimum atomic E-state index is -3.69. The number of hydrogen-bond acceptors (Lipinski definition) is 6. The molecule has 0 radical (unpaired) electrons. The summed E-state index contributed by atoms with van der Waals surface area (Å²) in [6.45, 7) is 3.63. The zero-order valence-corrected chi connectivity index (χ0v) is 18.1. The summed E-state index contributed by atoms with van der Waals surface area (Å²) < 4.78 is 31.1. The third-order valence-electron chi connectivity index (χ3n) is 5.23. The number of anilines is 1. The maximum absolute atomic E-state index is 12.5. The molecule has 7 nitrogen and oxygen atoms in total. The summed E-state index contributed by atoms with van der Waals surface area (Å²) in [6, 6.07) is 13.4. The van der Waals surface area contributed by atoms with Gasteiger partial charge < -0.3 is 9.64 Å². The van der Waals surface area contributed by atoms with Crippen molar-refractivity contribution < 1.29 is 22.7 Å². The smallest absolute Gasteiger partial charge is 0.338 e. The van der Waals surface area contributed by atoms with Crippen molar-refractivity contribution >= 4 is 27.5 Å². The highest BCUT2D eigenvalue weighted by Crippen LogP contribution is 2.46. The molecule has 0 fully saturated rings. The second-order valence-electron chi connectivity index (χ2n) is 7.51. The van der Waals surface area contributed by atoms with Gasteiger partial charge >= 0.3 is 5.97 Å². The molecular formula is C22H24N2O5S. The van der Waals surface area contributed by atoms with Gasteiger partial charge in [-0.15, -0.1) is 0 Å². The van der Waals surface area contributed by atoms with Gasteiger partial charge in [-0.05, 0) is 36.9 Å². The molecule has 158 valence electrons. The van der Waals surface area contributed by atoms with E-state index in [1.807, 2.05) is 50.1 Å². The number of benzene rings is 2. The topological polar surface area (TPSA) is 92.8 Å². The first-order valence-electron chi connectivity index (χ1n) is 9.37. The van der Waals surface area contributed by atoms with Crippen LogP contribution in [0.1, 0.15) is 29.8 Å². The Labute approximate surface area is 176 Å². The van der Waals surface area contributed by atoms with Crippen molar-refractivity contribution in [1.29, 1.82) is 0 Å². The van der Waals surface area contributed by atoms with Gasteiger partial charge in [0.2, 0.25) is 10.0 Å². The number of sulfonamides is 1. The molecule has 1 aliphatic rings. The number of para-hydroxylation sites is 1. The molecule has 0 amide bonds. The Morgan fingerprint density at radius 1 is 1.13 bits per heavy atom. The van der Waals surface area contributed by atoms with Crippen molar-refractivity contribution in [3.63, 3.8) is 0 Å². The van der Waals surface area contributed by atoms with E-state index in [0.717, 1.165) is 16.9 Å². The maximum atomic E-state index is 12.5. The van der Waals surface area contributed by atoms with Gasteiger partial charge in [-0.2, -0.15) is 0 Å². The summed E-state index contributed by atoms with van der Waals surface area (Å²) in [4.78, 5) is 26.7. The number of hydrogen-bond donors (Lipinski definition) is 1. The number of likely N-dealkylation sites (N-methyl/N-ethyl adjacent to an activating group) is 1. The number of rotatable bonds is 6. The Kier molecular flexibility index (Phi) is 5.83. The van der Waals surface area contributed by atoms with Crippen molar-refractivity contribution in [2.75, 3.05) is 25.6 Å². The highest BCUT2D eigenvalue weighted by molar-refractivity contribution is 7.89. The monoisotopic (exact) mass is 428 g/mol. The van der Waals surface area contributed by atoms with E-state index in [2.05, 4.69) is 4.72 Å². The summed E-state index contributed by atoms with van der Waals surface area (Å²) in [6.07, 6.45) is 1.50. The van der Waals surface area contributed by atoms with Gasteiger partial charge in [0, 0.05) is 29.9 Å². The van der Waals surface area contributed by atoms with Gasteiger partial charge in [-0.3, -0.25) is 4.79 Å². The predicted octanol–water partition coefficient (Wildman–Crippen LogP) is 2.63. The van der Waals surface area contributed by atoms with E-state index >= 15 is 0 Å². The number of ketones is 1. The number of carbonyl (C=O) groups excluding carboxylic acids is 2. The van der Waals surface area contributed by atoms with E-state index in [1.165, 1.54) is 37.4 Å². The van der Waals surface area contributed by atoms with E-state index in [0.29, 0.717) is 0 Å². The number of carbonyl (C=O) groups is 2. The minimum Gasteiger partial charge on any atom is -0.454 e. The lowest BCUT2D eigenvalue weighted by atomic mass is 9.83. The number of fused-ring (bicyclic) bond motifs is 1. The van der Waals surface area contributed by atoms with Crippen LogP contribution in [-0.2, 0) is 25.0 Å². The number of esters is 1. The minimum absolute atomic E-state index is 0.0532. The Bertz CT molecular complexity index is 1140. The van der Waals surface area contributed by atoms with Gasteiger partial charge in [0.25, 0.3) is 0 Å². The van der Waals surface area contributed by atoms with E-state index in [-0.39, 0.29) is 21.7 Å². The molecule has 3 rings (SSSR count). The molecule has 0 aliphatic carbocycles. The molecule has 1 aliphatic heterocycles. The molecule has 1 N–H and O–H groups in total. The van der Waals surface area contributed by atoms with E-state index in [4.69, 9.17) is 4.74 Å². The van der Waals surface area contributed by atoms with Crippen LogP contribution in [0.3, 0.4) is 0 Å². The van der Waals surface area contributed by atoms with Crippen LogP contribution in [0.4, 0.5) is 5.69 Å². The molecule has 0 unspecified atom stereocenters. The van der Waals surface area contributed by atoms with Crippen LogP contribution in [-0.4, -0.2) is 40.9 Å². The standard InChI is InChI=1S/C22H24N2O5S/c1-22(2)18-10-5-6-11-19(18)24(4)20(22)13-16(25)14-29-21(26)15-8-7-9-17(12-15)30(27,28)23-3/h5-13,23H,14H2,1-4H3. The fourth-order valence-electron chi connectivity index (χ4n) is 3.58. The highest BCUT2D eigenvalue weighted by atomic mass is 32.2. The van der Waals surface area contributed by atoms with Crippen molar-refractivity contribution in [3.8, 4) is 0 Å². The average molecular weight is 429 g/mol. The number of allylic oxidation sites excluding steroid dienone is 1. The normalized spacial score (nSPS) is 16.4. The predicted molar refractivity (Wildman–Crippen MR) is 114 cm³/mol. The average Bonchev–Trinajstić information content (AvgIpc) is 2.93. The lowest BCUT2D eigenvalue weighted by Gasteiger charge is -2.23. The molecule has 2 aromatic carbocycles. The number of nitrogens with one attached hydrogen (secondary N) is 1. The van der Waals surface area contributed by atoms with E-state index < -0.39 is 22.6 Å². The molecule has 2 aromatic rings. The van der Waals surface area contributed by atoms with Crippen LogP contribution < -0.4 is 9.62 Å². The summed E-state index contributed by atoms with van der Waals surface area (Å²) in [5.74, 6) is -1.12. The second kappa shape index (κ2) is 8.04. The van der Waals surface area contributed by atoms with Crippen molar-refractivity contribution in [1.82, 2.24) is 4.72 Å². The Morgan fingerprint density at radius 2 is 1.83 bits per heavy atom.